The molecule has 0 radical (unpaired) electrons. The zero-order valence-corrected chi connectivity index (χ0v) is 25.8. The van der Waals surface area contributed by atoms with Crippen LogP contribution in [0.5, 0.6) is 0 Å². The summed E-state index contributed by atoms with van der Waals surface area (Å²) in [5.74, 6) is 0.00714. The Morgan fingerprint density at radius 3 is 2.25 bits per heavy atom. The Hall–Kier alpha value is -1.04. The zero-order chi connectivity index (χ0) is 27.4. The summed E-state index contributed by atoms with van der Waals surface area (Å²) in [5.41, 5.74) is 2.67. The van der Waals surface area contributed by atoms with Crippen LogP contribution in [0.2, 0.25) is 18.1 Å². The predicted molar refractivity (Wildman–Crippen MR) is 147 cm³/mol. The number of rotatable bonds is 5. The Balaban J connectivity index is 2.18. The van der Waals surface area contributed by atoms with E-state index in [2.05, 4.69) is 75.3 Å². The van der Waals surface area contributed by atoms with Gasteiger partial charge in [0.1, 0.15) is 6.10 Å². The molecule has 2 unspecified atom stereocenters. The minimum absolute atomic E-state index is 0.000521. The number of aromatic nitrogens is 2. The zero-order valence-electron chi connectivity index (χ0n) is 22.6. The molecule has 0 bridgehead atoms. The number of aliphatic hydroxyl groups excluding tert-OH is 1. The van der Waals surface area contributed by atoms with Crippen molar-refractivity contribution >= 4 is 30.9 Å². The van der Waals surface area contributed by atoms with E-state index in [-0.39, 0.29) is 28.2 Å². The normalized spacial score (nSPS) is 19.4. The van der Waals surface area contributed by atoms with E-state index in [4.69, 9.17) is 9.41 Å². The Labute approximate surface area is 227 Å². The van der Waals surface area contributed by atoms with Crippen LogP contribution in [0.1, 0.15) is 107 Å². The van der Waals surface area contributed by atoms with Gasteiger partial charge in [-0.25, -0.2) is 0 Å². The molecule has 200 valence electrons. The van der Waals surface area contributed by atoms with Crippen molar-refractivity contribution in [1.29, 1.82) is 0 Å². The van der Waals surface area contributed by atoms with E-state index >= 15 is 0 Å². The number of nitrogens with zero attached hydrogens (tertiary/aromatic N) is 2. The molecule has 0 spiro atoms. The highest BCUT2D eigenvalue weighted by atomic mass is 127. The lowest BCUT2D eigenvalue weighted by Gasteiger charge is -2.44. The molecule has 0 amide bonds. The molecule has 0 saturated heterocycles. The summed E-state index contributed by atoms with van der Waals surface area (Å²) in [4.78, 5) is 9.06. The topological polar surface area (TPSA) is 55.2 Å². The predicted octanol–water partition coefficient (Wildman–Crippen LogP) is 8.34. The first-order valence-corrected chi connectivity index (χ1v) is 16.3. The van der Waals surface area contributed by atoms with Gasteiger partial charge in [0.2, 0.25) is 0 Å². The monoisotopic (exact) mass is 634 g/mol. The van der Waals surface area contributed by atoms with Crippen molar-refractivity contribution in [3.8, 4) is 0 Å². The third-order valence-corrected chi connectivity index (χ3v) is 13.1. The van der Waals surface area contributed by atoms with Gasteiger partial charge in [-0.3, -0.25) is 9.97 Å². The molecule has 0 aliphatic heterocycles. The maximum atomic E-state index is 13.1. The number of hydrogen-bond donors (Lipinski definition) is 1. The van der Waals surface area contributed by atoms with Crippen molar-refractivity contribution in [3.63, 3.8) is 0 Å². The second-order valence-corrected chi connectivity index (χ2v) is 18.4. The van der Waals surface area contributed by atoms with E-state index in [1.165, 1.54) is 6.07 Å². The Bertz CT molecular complexity index is 1110. The van der Waals surface area contributed by atoms with Gasteiger partial charge in [-0.15, -0.1) is 0 Å². The number of pyridine rings is 2. The number of aliphatic hydroxyl groups is 1. The lowest BCUT2D eigenvalue weighted by molar-refractivity contribution is -0.137. The van der Waals surface area contributed by atoms with Crippen molar-refractivity contribution < 1.29 is 22.7 Å². The van der Waals surface area contributed by atoms with Crippen LogP contribution in [0, 0.1) is 8.99 Å². The van der Waals surface area contributed by atoms with Gasteiger partial charge in [-0.05, 0) is 77.0 Å². The molecule has 0 saturated carbocycles. The van der Waals surface area contributed by atoms with Crippen molar-refractivity contribution in [2.75, 3.05) is 0 Å². The van der Waals surface area contributed by atoms with Crippen LogP contribution in [-0.4, -0.2) is 23.4 Å². The molecule has 1 N–H and O–H groups in total. The average molecular weight is 635 g/mol. The smallest absolute Gasteiger partial charge is 0.410 e. The van der Waals surface area contributed by atoms with Gasteiger partial charge in [0, 0.05) is 26.6 Å². The molecule has 1 aliphatic rings. The third kappa shape index (κ3) is 5.99. The van der Waals surface area contributed by atoms with Crippen LogP contribution in [0.25, 0.3) is 0 Å². The summed E-state index contributed by atoms with van der Waals surface area (Å²) < 4.78 is 47.0. The minimum Gasteiger partial charge on any atom is -0.410 e. The van der Waals surface area contributed by atoms with Crippen LogP contribution in [0.4, 0.5) is 13.2 Å². The first-order valence-electron chi connectivity index (χ1n) is 12.4. The summed E-state index contributed by atoms with van der Waals surface area (Å²) in [6.07, 6.45) is -3.45. The maximum Gasteiger partial charge on any atom is 0.417 e. The lowest BCUT2D eigenvalue weighted by Crippen LogP contribution is -2.44. The van der Waals surface area contributed by atoms with Crippen LogP contribution in [0.3, 0.4) is 0 Å². The van der Waals surface area contributed by atoms with Gasteiger partial charge in [-0.1, -0.05) is 48.5 Å². The molecular weight excluding hydrogens is 596 g/mol. The molecule has 36 heavy (non-hydrogen) atoms. The van der Waals surface area contributed by atoms with E-state index < -0.39 is 26.2 Å². The summed E-state index contributed by atoms with van der Waals surface area (Å²) in [6, 6.07) is 2.21. The van der Waals surface area contributed by atoms with Crippen molar-refractivity contribution in [3.05, 3.63) is 55.7 Å². The van der Waals surface area contributed by atoms with Crippen LogP contribution in [-0.2, 0) is 17.0 Å². The second-order valence-electron chi connectivity index (χ2n) is 12.5. The number of alkyl halides is 3. The largest absolute Gasteiger partial charge is 0.417 e. The van der Waals surface area contributed by atoms with E-state index in [1.807, 2.05) is 13.8 Å². The highest BCUT2D eigenvalue weighted by molar-refractivity contribution is 14.1. The molecule has 0 aromatic carbocycles. The molecule has 3 rings (SSSR count). The van der Waals surface area contributed by atoms with Crippen molar-refractivity contribution in [2.45, 2.75) is 104 Å². The van der Waals surface area contributed by atoms with E-state index in [9.17, 15) is 18.3 Å². The van der Waals surface area contributed by atoms with Gasteiger partial charge >= 0.3 is 6.18 Å². The molecule has 9 heteroatoms. The third-order valence-electron chi connectivity index (χ3n) is 7.48. The number of fused-ring (bicyclic) bond motifs is 1. The highest BCUT2D eigenvalue weighted by Gasteiger charge is 2.44. The summed E-state index contributed by atoms with van der Waals surface area (Å²) >= 11 is 2.27. The Morgan fingerprint density at radius 1 is 1.17 bits per heavy atom. The fourth-order valence-electron chi connectivity index (χ4n) is 4.46. The van der Waals surface area contributed by atoms with E-state index in [1.54, 1.807) is 0 Å². The molecule has 2 heterocycles. The van der Waals surface area contributed by atoms with E-state index in [0.717, 1.165) is 45.6 Å². The molecule has 2 aromatic heterocycles. The maximum absolute atomic E-state index is 13.1. The summed E-state index contributed by atoms with van der Waals surface area (Å²) in [5, 5.41) is 11.5. The van der Waals surface area contributed by atoms with Gasteiger partial charge < -0.3 is 9.53 Å². The number of halogens is 4. The summed E-state index contributed by atoms with van der Waals surface area (Å²) in [6.45, 7) is 19.6. The van der Waals surface area contributed by atoms with Crippen LogP contribution < -0.4 is 0 Å². The second kappa shape index (κ2) is 9.93. The van der Waals surface area contributed by atoms with Crippen molar-refractivity contribution in [1.82, 2.24) is 9.97 Å². The lowest BCUT2D eigenvalue weighted by atomic mass is 9.74. The Kier molecular flexibility index (Phi) is 8.14. The molecule has 1 aliphatic carbocycles. The minimum atomic E-state index is -4.48. The highest BCUT2D eigenvalue weighted by Crippen LogP contribution is 2.50. The fourth-order valence-corrected chi connectivity index (χ4v) is 6.95. The Morgan fingerprint density at radius 2 is 1.78 bits per heavy atom. The first-order chi connectivity index (χ1) is 16.2. The quantitative estimate of drug-likeness (QED) is 0.266. The van der Waals surface area contributed by atoms with Crippen LogP contribution in [0.15, 0.2) is 18.3 Å². The average Bonchev–Trinajstić information content (AvgIpc) is 2.70. The van der Waals surface area contributed by atoms with Crippen molar-refractivity contribution in [2.24, 2.45) is 5.41 Å². The number of hydrogen-bond acceptors (Lipinski definition) is 4. The van der Waals surface area contributed by atoms with Crippen LogP contribution >= 0.6 is 22.6 Å². The van der Waals surface area contributed by atoms with E-state index in [0.29, 0.717) is 5.56 Å². The molecule has 2 atom stereocenters. The first kappa shape index (κ1) is 29.5. The molecule has 2 aromatic rings. The fraction of sp³-hybridized carbons (Fsp3) is 0.630. The van der Waals surface area contributed by atoms with Gasteiger partial charge in [0.15, 0.2) is 8.32 Å². The standard InChI is InChI=1S/C27H38F3IN2O2Si/c1-15(2)23-21(24(34)17-11-10-16(14-32-17)27(28,29)30)22(31)20-18(33-23)12-26(6,7)13-19(20)35-36(8,9)25(3,4)5/h10-11,14-15,19,24,34H,12-13H2,1-9H3. The molecular formula is C27H38F3IN2O2Si. The van der Waals surface area contributed by atoms with Gasteiger partial charge in [0.25, 0.3) is 0 Å². The summed E-state index contributed by atoms with van der Waals surface area (Å²) in [7, 11) is -2.13. The van der Waals surface area contributed by atoms with Gasteiger partial charge in [-0.2, -0.15) is 13.2 Å². The SMILES string of the molecule is CC(C)c1nc2c(c(I)c1C(O)c1ccc(C(F)(F)F)cn1)C(O[Si](C)(C)C(C)(C)C)CC(C)(C)C2. The van der Waals surface area contributed by atoms with Gasteiger partial charge in [0.05, 0.1) is 23.1 Å². The molecule has 4 nitrogen and oxygen atoms in total. The molecule has 0 fully saturated rings.